The highest BCUT2D eigenvalue weighted by atomic mass is 19.1. The largest absolute Gasteiger partial charge is 0.481 e. The van der Waals surface area contributed by atoms with E-state index in [-0.39, 0.29) is 12.0 Å². The number of carbonyl (C=O) groups is 1. The van der Waals surface area contributed by atoms with Crippen molar-refractivity contribution in [2.24, 2.45) is 0 Å². The molecule has 0 aliphatic carbocycles. The minimum Gasteiger partial charge on any atom is -0.481 e. The fraction of sp³-hybridized carbons (Fsp3) is 0.167. The van der Waals surface area contributed by atoms with E-state index >= 15 is 0 Å². The van der Waals surface area contributed by atoms with E-state index in [1.165, 1.54) is 6.07 Å². The molecule has 1 heterocycles. The molecule has 0 amide bonds. The third-order valence-corrected chi connectivity index (χ3v) is 4.14. The van der Waals surface area contributed by atoms with Crippen LogP contribution in [0.3, 0.4) is 0 Å². The molecule has 3 rings (SSSR count). The van der Waals surface area contributed by atoms with E-state index in [1.807, 2.05) is 26.0 Å². The number of hydrogen-bond donors (Lipinski definition) is 2. The highest BCUT2D eigenvalue weighted by Crippen LogP contribution is 2.34. The van der Waals surface area contributed by atoms with Crippen LogP contribution in [0.15, 0.2) is 30.3 Å². The number of aliphatic carboxylic acids is 1. The lowest BCUT2D eigenvalue weighted by Gasteiger charge is -2.05. The first-order valence-electron chi connectivity index (χ1n) is 7.16. The summed E-state index contributed by atoms with van der Waals surface area (Å²) in [7, 11) is 0. The normalized spacial score (nSPS) is 11.1. The van der Waals surface area contributed by atoms with E-state index in [0.29, 0.717) is 11.3 Å². The molecule has 0 spiro atoms. The SMILES string of the molecule is Cc1ccc2c(CC(=O)O)c(-c3ccc(F)cc3F)[nH]c2c1C. The Bertz CT molecular complexity index is 928. The molecule has 0 atom stereocenters. The number of halogens is 2. The number of hydrogen-bond acceptors (Lipinski definition) is 1. The van der Waals surface area contributed by atoms with Crippen molar-refractivity contribution in [2.45, 2.75) is 20.3 Å². The number of carboxylic acids is 1. The Morgan fingerprint density at radius 3 is 2.57 bits per heavy atom. The molecule has 3 nitrogen and oxygen atoms in total. The summed E-state index contributed by atoms with van der Waals surface area (Å²) in [6.45, 7) is 3.87. The monoisotopic (exact) mass is 315 g/mol. The van der Waals surface area contributed by atoms with Gasteiger partial charge in [0, 0.05) is 22.5 Å². The van der Waals surface area contributed by atoms with Crippen LogP contribution in [0.2, 0.25) is 0 Å². The van der Waals surface area contributed by atoms with Crippen molar-refractivity contribution in [2.75, 3.05) is 0 Å². The summed E-state index contributed by atoms with van der Waals surface area (Å²) in [5.41, 5.74) is 3.85. The Morgan fingerprint density at radius 2 is 1.91 bits per heavy atom. The molecular formula is C18H15F2NO2. The van der Waals surface area contributed by atoms with Gasteiger partial charge in [-0.05, 0) is 42.7 Å². The van der Waals surface area contributed by atoms with E-state index in [2.05, 4.69) is 4.98 Å². The van der Waals surface area contributed by atoms with Gasteiger partial charge in [-0.3, -0.25) is 4.79 Å². The van der Waals surface area contributed by atoms with Crippen LogP contribution >= 0.6 is 0 Å². The van der Waals surface area contributed by atoms with Crippen LogP contribution < -0.4 is 0 Å². The maximum Gasteiger partial charge on any atom is 0.307 e. The van der Waals surface area contributed by atoms with Gasteiger partial charge in [0.25, 0.3) is 0 Å². The predicted octanol–water partition coefficient (Wildman–Crippen LogP) is 4.36. The summed E-state index contributed by atoms with van der Waals surface area (Å²) < 4.78 is 27.3. The first kappa shape index (κ1) is 15.2. The zero-order valence-corrected chi connectivity index (χ0v) is 12.7. The number of fused-ring (bicyclic) bond motifs is 1. The van der Waals surface area contributed by atoms with E-state index in [1.54, 1.807) is 0 Å². The minimum absolute atomic E-state index is 0.163. The van der Waals surface area contributed by atoms with Gasteiger partial charge in [0.1, 0.15) is 11.6 Å². The first-order chi connectivity index (χ1) is 10.9. The van der Waals surface area contributed by atoms with E-state index in [9.17, 15) is 18.7 Å². The molecule has 0 bridgehead atoms. The third kappa shape index (κ3) is 2.59. The van der Waals surface area contributed by atoms with Gasteiger partial charge in [-0.1, -0.05) is 12.1 Å². The van der Waals surface area contributed by atoms with Crippen LogP contribution in [-0.4, -0.2) is 16.1 Å². The topological polar surface area (TPSA) is 53.1 Å². The van der Waals surface area contributed by atoms with Crippen molar-refractivity contribution < 1.29 is 18.7 Å². The second-order valence-corrected chi connectivity index (χ2v) is 5.60. The quantitative estimate of drug-likeness (QED) is 0.754. The van der Waals surface area contributed by atoms with Gasteiger partial charge in [0.15, 0.2) is 0 Å². The molecule has 0 aliphatic rings. The van der Waals surface area contributed by atoms with Crippen molar-refractivity contribution >= 4 is 16.9 Å². The fourth-order valence-electron chi connectivity index (χ4n) is 2.82. The molecule has 23 heavy (non-hydrogen) atoms. The summed E-state index contributed by atoms with van der Waals surface area (Å²) in [6.07, 6.45) is -0.241. The lowest BCUT2D eigenvalue weighted by Crippen LogP contribution is -2.01. The predicted molar refractivity (Wildman–Crippen MR) is 84.5 cm³/mol. The number of nitrogens with one attached hydrogen (secondary N) is 1. The number of carboxylic acid groups (broad SMARTS) is 1. The Kier molecular flexibility index (Phi) is 3.64. The zero-order valence-electron chi connectivity index (χ0n) is 12.7. The van der Waals surface area contributed by atoms with Gasteiger partial charge in [0.05, 0.1) is 12.1 Å². The van der Waals surface area contributed by atoms with Gasteiger partial charge in [-0.25, -0.2) is 8.78 Å². The molecule has 0 saturated heterocycles. The number of aryl methyl sites for hydroxylation is 2. The second-order valence-electron chi connectivity index (χ2n) is 5.60. The van der Waals surface area contributed by atoms with Crippen molar-refractivity contribution in [1.82, 2.24) is 4.98 Å². The average molecular weight is 315 g/mol. The highest BCUT2D eigenvalue weighted by Gasteiger charge is 2.19. The standard InChI is InChI=1S/C18H15F2NO2/c1-9-3-5-12-14(8-16(22)23)18(21-17(12)10(9)2)13-6-4-11(19)7-15(13)20/h3-7,21H,8H2,1-2H3,(H,22,23). The minimum atomic E-state index is -1.01. The number of aromatic nitrogens is 1. The van der Waals surface area contributed by atoms with Crippen molar-refractivity contribution in [3.63, 3.8) is 0 Å². The lowest BCUT2D eigenvalue weighted by molar-refractivity contribution is -0.136. The molecule has 118 valence electrons. The molecule has 2 N–H and O–H groups in total. The molecule has 5 heteroatoms. The Hall–Kier alpha value is -2.69. The summed E-state index contributed by atoms with van der Waals surface area (Å²) in [5.74, 6) is -2.40. The number of benzene rings is 2. The van der Waals surface area contributed by atoms with Gasteiger partial charge in [-0.2, -0.15) is 0 Å². The third-order valence-electron chi connectivity index (χ3n) is 4.14. The molecule has 0 radical (unpaired) electrons. The number of aromatic amines is 1. The summed E-state index contributed by atoms with van der Waals surface area (Å²) in [4.78, 5) is 14.3. The molecule has 0 unspecified atom stereocenters. The van der Waals surface area contributed by atoms with Crippen LogP contribution in [0.25, 0.3) is 22.2 Å². The Balaban J connectivity index is 2.34. The van der Waals surface area contributed by atoms with Crippen LogP contribution in [0.1, 0.15) is 16.7 Å². The van der Waals surface area contributed by atoms with Crippen LogP contribution in [-0.2, 0) is 11.2 Å². The van der Waals surface area contributed by atoms with Crippen molar-refractivity contribution in [3.8, 4) is 11.3 Å². The fourth-order valence-corrected chi connectivity index (χ4v) is 2.82. The molecule has 0 fully saturated rings. The maximum atomic E-state index is 14.2. The molecule has 3 aromatic rings. The second kappa shape index (κ2) is 5.50. The van der Waals surface area contributed by atoms with Crippen LogP contribution in [0.4, 0.5) is 8.78 Å². The molecule has 2 aromatic carbocycles. The average Bonchev–Trinajstić information content (AvgIpc) is 2.82. The molecule has 0 saturated carbocycles. The number of rotatable bonds is 3. The van der Waals surface area contributed by atoms with Crippen LogP contribution in [0, 0.1) is 25.5 Å². The maximum absolute atomic E-state index is 14.2. The molecule has 1 aromatic heterocycles. The van der Waals surface area contributed by atoms with E-state index in [4.69, 9.17) is 0 Å². The molecule has 0 aliphatic heterocycles. The van der Waals surface area contributed by atoms with Gasteiger partial charge < -0.3 is 10.1 Å². The Labute approximate surface area is 131 Å². The zero-order chi connectivity index (χ0) is 16.7. The van der Waals surface area contributed by atoms with Gasteiger partial charge in [0.2, 0.25) is 0 Å². The van der Waals surface area contributed by atoms with Crippen LogP contribution in [0.5, 0.6) is 0 Å². The van der Waals surface area contributed by atoms with Gasteiger partial charge in [-0.15, -0.1) is 0 Å². The lowest BCUT2D eigenvalue weighted by atomic mass is 10.00. The van der Waals surface area contributed by atoms with Gasteiger partial charge >= 0.3 is 5.97 Å². The first-order valence-corrected chi connectivity index (χ1v) is 7.16. The summed E-state index contributed by atoms with van der Waals surface area (Å²) in [6, 6.07) is 7.01. The number of H-pyrrole nitrogens is 1. The van der Waals surface area contributed by atoms with E-state index < -0.39 is 17.6 Å². The smallest absolute Gasteiger partial charge is 0.307 e. The summed E-state index contributed by atoms with van der Waals surface area (Å²) in [5, 5.41) is 9.93. The van der Waals surface area contributed by atoms with Crippen molar-refractivity contribution in [3.05, 3.63) is 58.7 Å². The molecular weight excluding hydrogens is 300 g/mol. The summed E-state index contributed by atoms with van der Waals surface area (Å²) >= 11 is 0. The highest BCUT2D eigenvalue weighted by molar-refractivity contribution is 5.96. The Morgan fingerprint density at radius 1 is 1.17 bits per heavy atom. The van der Waals surface area contributed by atoms with Crippen molar-refractivity contribution in [1.29, 1.82) is 0 Å². The van der Waals surface area contributed by atoms with E-state index in [0.717, 1.165) is 34.2 Å².